The summed E-state index contributed by atoms with van der Waals surface area (Å²) in [6.07, 6.45) is 7.24. The molecule has 4 fully saturated rings. The van der Waals surface area contributed by atoms with Crippen molar-refractivity contribution in [2.24, 2.45) is 23.7 Å². The first kappa shape index (κ1) is 9.86. The summed E-state index contributed by atoms with van der Waals surface area (Å²) in [5, 5.41) is 8.39. The first-order valence-electron chi connectivity index (χ1n) is 6.88. The monoisotopic (exact) mass is 229 g/mol. The molecule has 5 rings (SSSR count). The highest BCUT2D eigenvalue weighted by Gasteiger charge is 2.49. The summed E-state index contributed by atoms with van der Waals surface area (Å²) in [6.45, 7) is 0. The zero-order chi connectivity index (χ0) is 11.4. The lowest BCUT2D eigenvalue weighted by atomic mass is 9.51. The van der Waals surface area contributed by atoms with Gasteiger partial charge in [0.15, 0.2) is 0 Å². The summed E-state index contributed by atoms with van der Waals surface area (Å²) in [5.74, 6) is 5.02. The van der Waals surface area contributed by atoms with Gasteiger partial charge in [-0.1, -0.05) is 0 Å². The highest BCUT2D eigenvalue weighted by atomic mass is 15.1. The van der Waals surface area contributed by atoms with Gasteiger partial charge in [0.1, 0.15) is 5.82 Å². The second-order valence-electron chi connectivity index (χ2n) is 6.34. The summed E-state index contributed by atoms with van der Waals surface area (Å²) in [5.41, 5.74) is 6.83. The number of hydrogen-bond acceptors (Lipinski definition) is 3. The van der Waals surface area contributed by atoms with E-state index in [1.807, 2.05) is 6.07 Å². The third kappa shape index (κ3) is 1.48. The second kappa shape index (κ2) is 3.44. The van der Waals surface area contributed by atoms with E-state index < -0.39 is 0 Å². The number of aromatic nitrogens is 2. The van der Waals surface area contributed by atoms with Gasteiger partial charge in [-0.3, -0.25) is 0 Å². The van der Waals surface area contributed by atoms with E-state index in [4.69, 9.17) is 5.73 Å². The highest BCUT2D eigenvalue weighted by molar-refractivity contribution is 5.28. The van der Waals surface area contributed by atoms with Crippen LogP contribution in [0.1, 0.15) is 43.7 Å². The van der Waals surface area contributed by atoms with Gasteiger partial charge in [0.2, 0.25) is 0 Å². The molecule has 0 aromatic carbocycles. The molecule has 1 aromatic rings. The molecule has 0 radical (unpaired) electrons. The Labute approximate surface area is 102 Å². The molecule has 1 heterocycles. The summed E-state index contributed by atoms with van der Waals surface area (Å²) >= 11 is 0. The Hall–Kier alpha value is -1.12. The van der Waals surface area contributed by atoms with Gasteiger partial charge in [0, 0.05) is 5.92 Å². The van der Waals surface area contributed by atoms with Crippen molar-refractivity contribution in [3.05, 3.63) is 17.8 Å². The molecule has 2 N–H and O–H groups in total. The van der Waals surface area contributed by atoms with Crippen molar-refractivity contribution in [2.75, 3.05) is 5.73 Å². The standard InChI is InChI=1S/C14H19N3/c15-13-2-1-12(16-17-13)14-10-4-8-3-9(6-10)7-11(14)5-8/h1-2,8-11,14H,3-7H2,(H2,15,17). The molecule has 0 saturated heterocycles. The van der Waals surface area contributed by atoms with Gasteiger partial charge in [-0.15, -0.1) is 5.10 Å². The summed E-state index contributed by atoms with van der Waals surface area (Å²) < 4.78 is 0. The molecule has 0 aliphatic heterocycles. The lowest BCUT2D eigenvalue weighted by molar-refractivity contribution is -0.00441. The third-order valence-electron chi connectivity index (χ3n) is 5.27. The Bertz CT molecular complexity index is 398. The number of nitrogens with zero attached hydrogens (tertiary/aromatic N) is 2. The summed E-state index contributed by atoms with van der Waals surface area (Å²) in [7, 11) is 0. The van der Waals surface area contributed by atoms with Crippen LogP contribution in [0.3, 0.4) is 0 Å². The van der Waals surface area contributed by atoms with Crippen LogP contribution >= 0.6 is 0 Å². The molecule has 17 heavy (non-hydrogen) atoms. The van der Waals surface area contributed by atoms with Crippen LogP contribution in [0.15, 0.2) is 12.1 Å². The van der Waals surface area contributed by atoms with Crippen LogP contribution in [0.25, 0.3) is 0 Å². The van der Waals surface area contributed by atoms with Crippen molar-refractivity contribution in [3.63, 3.8) is 0 Å². The maximum atomic E-state index is 5.63. The molecule has 0 spiro atoms. The van der Waals surface area contributed by atoms with Crippen molar-refractivity contribution in [1.29, 1.82) is 0 Å². The quantitative estimate of drug-likeness (QED) is 0.805. The summed E-state index contributed by atoms with van der Waals surface area (Å²) in [4.78, 5) is 0. The second-order valence-corrected chi connectivity index (χ2v) is 6.34. The van der Waals surface area contributed by atoms with Gasteiger partial charge in [-0.2, -0.15) is 5.10 Å². The maximum Gasteiger partial charge on any atom is 0.146 e. The van der Waals surface area contributed by atoms with Gasteiger partial charge < -0.3 is 5.73 Å². The zero-order valence-electron chi connectivity index (χ0n) is 10.0. The van der Waals surface area contributed by atoms with E-state index in [9.17, 15) is 0 Å². The zero-order valence-corrected chi connectivity index (χ0v) is 10.0. The fraction of sp³-hybridized carbons (Fsp3) is 0.714. The van der Waals surface area contributed by atoms with Crippen LogP contribution in [-0.4, -0.2) is 10.2 Å². The average Bonchev–Trinajstić information content (AvgIpc) is 2.30. The van der Waals surface area contributed by atoms with Crippen LogP contribution < -0.4 is 5.73 Å². The van der Waals surface area contributed by atoms with Crippen LogP contribution in [0.2, 0.25) is 0 Å². The van der Waals surface area contributed by atoms with Gasteiger partial charge in [0.05, 0.1) is 5.69 Å². The van der Waals surface area contributed by atoms with E-state index in [1.165, 1.54) is 37.8 Å². The van der Waals surface area contributed by atoms with Gasteiger partial charge in [0.25, 0.3) is 0 Å². The van der Waals surface area contributed by atoms with Crippen LogP contribution in [0.5, 0.6) is 0 Å². The Morgan fingerprint density at radius 3 is 2.06 bits per heavy atom. The van der Waals surface area contributed by atoms with Crippen molar-refractivity contribution < 1.29 is 0 Å². The number of anilines is 1. The molecule has 0 atom stereocenters. The van der Waals surface area contributed by atoms with E-state index in [0.717, 1.165) is 23.7 Å². The molecule has 4 aliphatic carbocycles. The molecule has 3 nitrogen and oxygen atoms in total. The molecule has 0 amide bonds. The van der Waals surface area contributed by atoms with E-state index in [2.05, 4.69) is 16.3 Å². The lowest BCUT2D eigenvalue weighted by Crippen LogP contribution is -2.44. The summed E-state index contributed by atoms with van der Waals surface area (Å²) in [6, 6.07) is 4.02. The minimum Gasteiger partial charge on any atom is -0.382 e. The Kier molecular flexibility index (Phi) is 1.99. The van der Waals surface area contributed by atoms with Crippen molar-refractivity contribution in [1.82, 2.24) is 10.2 Å². The van der Waals surface area contributed by atoms with E-state index in [1.54, 1.807) is 0 Å². The van der Waals surface area contributed by atoms with Crippen LogP contribution in [0, 0.1) is 23.7 Å². The van der Waals surface area contributed by atoms with Crippen molar-refractivity contribution >= 4 is 5.82 Å². The van der Waals surface area contributed by atoms with E-state index in [0.29, 0.717) is 11.7 Å². The van der Waals surface area contributed by atoms with E-state index in [-0.39, 0.29) is 0 Å². The molecule has 4 bridgehead atoms. The minimum absolute atomic E-state index is 0.539. The Morgan fingerprint density at radius 2 is 1.53 bits per heavy atom. The number of rotatable bonds is 1. The fourth-order valence-electron chi connectivity index (χ4n) is 4.94. The fourth-order valence-corrected chi connectivity index (χ4v) is 4.94. The van der Waals surface area contributed by atoms with Gasteiger partial charge in [-0.25, -0.2) is 0 Å². The number of nitrogen functional groups attached to an aromatic ring is 1. The molecule has 1 aromatic heterocycles. The third-order valence-corrected chi connectivity index (χ3v) is 5.27. The van der Waals surface area contributed by atoms with Crippen molar-refractivity contribution in [3.8, 4) is 0 Å². The normalized spacial score (nSPS) is 42.9. The first-order valence-corrected chi connectivity index (χ1v) is 6.88. The van der Waals surface area contributed by atoms with E-state index >= 15 is 0 Å². The lowest BCUT2D eigenvalue weighted by Gasteiger charge is -2.54. The molecular formula is C14H19N3. The topological polar surface area (TPSA) is 51.8 Å². The molecule has 4 aliphatic rings. The van der Waals surface area contributed by atoms with Crippen LogP contribution in [0.4, 0.5) is 5.82 Å². The first-order chi connectivity index (χ1) is 8.29. The highest BCUT2D eigenvalue weighted by Crippen LogP contribution is 2.59. The molecule has 3 heteroatoms. The Balaban J connectivity index is 1.68. The predicted octanol–water partition coefficient (Wildman–Crippen LogP) is 2.60. The predicted molar refractivity (Wildman–Crippen MR) is 66.2 cm³/mol. The smallest absolute Gasteiger partial charge is 0.146 e. The van der Waals surface area contributed by atoms with Gasteiger partial charge >= 0.3 is 0 Å². The maximum absolute atomic E-state index is 5.63. The Morgan fingerprint density at radius 1 is 0.882 bits per heavy atom. The average molecular weight is 229 g/mol. The molecule has 4 saturated carbocycles. The van der Waals surface area contributed by atoms with Crippen LogP contribution in [-0.2, 0) is 0 Å². The SMILES string of the molecule is Nc1ccc(C2C3CC4CC(C3)CC2C4)nn1. The number of nitrogens with two attached hydrogens (primary N) is 1. The molecule has 90 valence electrons. The van der Waals surface area contributed by atoms with Gasteiger partial charge in [-0.05, 0) is 67.9 Å². The molecule has 0 unspecified atom stereocenters. The number of hydrogen-bond donors (Lipinski definition) is 1. The minimum atomic E-state index is 0.539. The largest absolute Gasteiger partial charge is 0.382 e. The molecular weight excluding hydrogens is 210 g/mol. The van der Waals surface area contributed by atoms with Crippen molar-refractivity contribution in [2.45, 2.75) is 38.0 Å².